The summed E-state index contributed by atoms with van der Waals surface area (Å²) in [6, 6.07) is 0. The first-order valence-electron chi connectivity index (χ1n) is 8.17. The topological polar surface area (TPSA) is 180 Å². The number of anilines is 1. The minimum atomic E-state index is -0.822. The third-order valence-electron chi connectivity index (χ3n) is 4.33. The average molecular weight is 408 g/mol. The second-order valence-corrected chi connectivity index (χ2v) is 7.15. The maximum Gasteiger partial charge on any atom is 0.396 e. The normalized spacial score (nSPS) is 22.2. The van der Waals surface area contributed by atoms with Gasteiger partial charge in [-0.2, -0.15) is 4.98 Å². The van der Waals surface area contributed by atoms with Gasteiger partial charge in [0, 0.05) is 13.5 Å². The Morgan fingerprint density at radius 3 is 2.89 bits per heavy atom. The lowest BCUT2D eigenvalue weighted by Crippen LogP contribution is -2.24. The molecule has 0 radical (unpaired) electrons. The highest BCUT2D eigenvalue weighted by molar-refractivity contribution is 7.99. The Hall–Kier alpha value is -2.81. The monoisotopic (exact) mass is 408 g/mol. The van der Waals surface area contributed by atoms with Crippen molar-refractivity contribution in [2.75, 3.05) is 12.3 Å². The number of aromatic nitrogens is 6. The predicted molar refractivity (Wildman–Crippen MR) is 95.3 cm³/mol. The molecule has 1 saturated heterocycles. The maximum atomic E-state index is 11.2. The molecule has 4 rings (SSSR count). The lowest BCUT2D eigenvalue weighted by molar-refractivity contribution is -0.392. The van der Waals surface area contributed by atoms with Crippen LogP contribution >= 0.6 is 11.8 Å². The van der Waals surface area contributed by atoms with Crippen molar-refractivity contribution >= 4 is 34.7 Å². The van der Waals surface area contributed by atoms with Gasteiger partial charge in [-0.3, -0.25) is 4.57 Å². The third kappa shape index (κ3) is 3.05. The van der Waals surface area contributed by atoms with Gasteiger partial charge in [0.15, 0.2) is 10.7 Å². The number of imidazole rings is 2. The Balaban J connectivity index is 1.75. The fourth-order valence-corrected chi connectivity index (χ4v) is 3.95. The molecular weight excluding hydrogens is 392 g/mol. The maximum absolute atomic E-state index is 11.2. The van der Waals surface area contributed by atoms with Crippen LogP contribution < -0.4 is 5.73 Å². The smallest absolute Gasteiger partial charge is 0.394 e. The predicted octanol–water partition coefficient (Wildman–Crippen LogP) is -0.158. The molecule has 0 bridgehead atoms. The highest BCUT2D eigenvalue weighted by Crippen LogP contribution is 2.37. The fraction of sp³-hybridized carbons (Fsp3) is 0.429. The molecule has 1 aliphatic heterocycles. The number of nitrogens with two attached hydrogens (primary N) is 1. The number of nitro groups is 1. The van der Waals surface area contributed by atoms with Crippen LogP contribution in [0.5, 0.6) is 0 Å². The molecule has 0 saturated carbocycles. The summed E-state index contributed by atoms with van der Waals surface area (Å²) < 4.78 is 8.74. The van der Waals surface area contributed by atoms with E-state index in [4.69, 9.17) is 10.5 Å². The molecule has 0 aliphatic carbocycles. The number of hydrogen-bond acceptors (Lipinski definition) is 11. The van der Waals surface area contributed by atoms with Gasteiger partial charge in [0.05, 0.1) is 19.0 Å². The zero-order valence-corrected chi connectivity index (χ0v) is 15.4. The first-order valence-corrected chi connectivity index (χ1v) is 8.98. The van der Waals surface area contributed by atoms with Crippen molar-refractivity contribution in [1.29, 1.82) is 0 Å². The number of aliphatic hydroxyl groups is 2. The van der Waals surface area contributed by atoms with Crippen molar-refractivity contribution in [1.82, 2.24) is 29.1 Å². The number of nitrogens with zero attached hydrogens (tertiary/aromatic N) is 7. The number of fused-ring (bicyclic) bond motifs is 1. The number of rotatable bonds is 5. The summed E-state index contributed by atoms with van der Waals surface area (Å²) in [4.78, 5) is 27.1. The second-order valence-electron chi connectivity index (χ2n) is 6.17. The van der Waals surface area contributed by atoms with E-state index in [1.807, 2.05) is 0 Å². The van der Waals surface area contributed by atoms with Crippen LogP contribution in [-0.4, -0.2) is 63.0 Å². The zero-order valence-electron chi connectivity index (χ0n) is 14.5. The Bertz CT molecular complexity index is 1050. The van der Waals surface area contributed by atoms with E-state index in [0.717, 1.165) is 11.8 Å². The Morgan fingerprint density at radius 2 is 2.21 bits per heavy atom. The van der Waals surface area contributed by atoms with Crippen LogP contribution in [0.25, 0.3) is 11.2 Å². The van der Waals surface area contributed by atoms with E-state index in [0.29, 0.717) is 16.2 Å². The molecule has 0 amide bonds. The average Bonchev–Trinajstić information content (AvgIpc) is 3.32. The molecule has 28 heavy (non-hydrogen) atoms. The van der Waals surface area contributed by atoms with Gasteiger partial charge in [-0.1, -0.05) is 0 Å². The summed E-state index contributed by atoms with van der Waals surface area (Å²) in [7, 11) is 1.63. The third-order valence-corrected chi connectivity index (χ3v) is 5.47. The van der Waals surface area contributed by atoms with Crippen LogP contribution in [0.4, 0.5) is 11.8 Å². The first kappa shape index (κ1) is 18.5. The van der Waals surface area contributed by atoms with Gasteiger partial charge in [0.25, 0.3) is 0 Å². The van der Waals surface area contributed by atoms with Crippen molar-refractivity contribution < 1.29 is 19.9 Å². The van der Waals surface area contributed by atoms with Gasteiger partial charge in [-0.05, 0) is 21.7 Å². The van der Waals surface area contributed by atoms with Crippen molar-refractivity contribution in [3.05, 3.63) is 22.8 Å². The van der Waals surface area contributed by atoms with Crippen LogP contribution in [0.3, 0.4) is 0 Å². The van der Waals surface area contributed by atoms with Crippen LogP contribution in [-0.2, 0) is 11.8 Å². The van der Waals surface area contributed by atoms with Crippen molar-refractivity contribution in [2.24, 2.45) is 7.05 Å². The molecule has 3 aromatic heterocycles. The molecule has 3 aromatic rings. The number of hydrogen-bond donors (Lipinski definition) is 3. The van der Waals surface area contributed by atoms with Crippen molar-refractivity contribution in [2.45, 2.75) is 34.9 Å². The van der Waals surface area contributed by atoms with E-state index in [1.165, 1.54) is 17.2 Å². The van der Waals surface area contributed by atoms with E-state index in [1.54, 1.807) is 11.6 Å². The number of ether oxygens (including phenoxy) is 1. The molecule has 1 fully saturated rings. The molecule has 1 aliphatic rings. The lowest BCUT2D eigenvalue weighted by Gasteiger charge is -2.13. The van der Waals surface area contributed by atoms with Gasteiger partial charge in [0.1, 0.15) is 22.9 Å². The molecule has 3 atom stereocenters. The minimum absolute atomic E-state index is 0.0428. The van der Waals surface area contributed by atoms with Crippen molar-refractivity contribution in [3.63, 3.8) is 0 Å². The van der Waals surface area contributed by atoms with E-state index < -0.39 is 23.4 Å². The summed E-state index contributed by atoms with van der Waals surface area (Å²) in [6.45, 7) is -0.313. The largest absolute Gasteiger partial charge is 0.396 e. The highest BCUT2D eigenvalue weighted by atomic mass is 32.2. The molecule has 13 nitrogen and oxygen atoms in total. The lowest BCUT2D eigenvalue weighted by atomic mass is 10.2. The van der Waals surface area contributed by atoms with Gasteiger partial charge < -0.3 is 35.4 Å². The molecule has 14 heteroatoms. The van der Waals surface area contributed by atoms with Gasteiger partial charge >= 0.3 is 5.82 Å². The number of aliphatic hydroxyl groups excluding tert-OH is 2. The first-order chi connectivity index (χ1) is 13.4. The van der Waals surface area contributed by atoms with Crippen LogP contribution in [0, 0.1) is 10.1 Å². The van der Waals surface area contributed by atoms with Gasteiger partial charge in [0.2, 0.25) is 12.3 Å². The van der Waals surface area contributed by atoms with Crippen LogP contribution in [0.15, 0.2) is 22.7 Å². The summed E-state index contributed by atoms with van der Waals surface area (Å²) in [5.41, 5.74) is 6.57. The summed E-state index contributed by atoms with van der Waals surface area (Å²) >= 11 is 1.00. The molecule has 148 valence electrons. The quantitative estimate of drug-likeness (QED) is 0.290. The molecule has 3 unspecified atom stereocenters. The summed E-state index contributed by atoms with van der Waals surface area (Å²) in [5, 5.41) is 31.0. The van der Waals surface area contributed by atoms with Crippen molar-refractivity contribution in [3.8, 4) is 0 Å². The molecule has 4 N–H and O–H groups in total. The standard InChI is InChI=1S/C14H16N8O5S/c1-20-4-17-11(22(25)26)13(20)28-12-9-10(18-14(15)19-12)21(5-16-9)8-2-6(24)7(3-23)27-8/h4-8,23-24H,2-3H2,1H3,(H2,15,18,19). The molecule has 0 spiro atoms. The molecular formula is C14H16N8O5S. The number of aryl methyl sites for hydroxylation is 1. The molecule has 4 heterocycles. The van der Waals surface area contributed by atoms with E-state index >= 15 is 0 Å². The van der Waals surface area contributed by atoms with Gasteiger partial charge in [-0.25, -0.2) is 9.97 Å². The Kier molecular flexibility index (Phi) is 4.62. The summed E-state index contributed by atoms with van der Waals surface area (Å²) in [5.74, 6) is -0.343. The SMILES string of the molecule is Cn1cnc([N+](=O)[O-])c1Sc1nc(N)nc2c1ncn2C1CC(O)C(CO)O1. The number of nitrogen functional groups attached to an aromatic ring is 1. The van der Waals surface area contributed by atoms with E-state index in [2.05, 4.69) is 19.9 Å². The van der Waals surface area contributed by atoms with Crippen LogP contribution in [0.2, 0.25) is 0 Å². The minimum Gasteiger partial charge on any atom is -0.394 e. The Morgan fingerprint density at radius 1 is 1.43 bits per heavy atom. The summed E-state index contributed by atoms with van der Waals surface area (Å²) in [6.07, 6.45) is 0.942. The van der Waals surface area contributed by atoms with Gasteiger partial charge in [-0.15, -0.1) is 0 Å². The Labute approximate surface area is 161 Å². The van der Waals surface area contributed by atoms with Crippen LogP contribution in [0.1, 0.15) is 12.6 Å². The highest BCUT2D eigenvalue weighted by Gasteiger charge is 2.35. The second kappa shape index (κ2) is 6.97. The van der Waals surface area contributed by atoms with E-state index in [-0.39, 0.29) is 29.8 Å². The zero-order chi connectivity index (χ0) is 20.0. The molecule has 0 aromatic carbocycles. The fourth-order valence-electron chi connectivity index (χ4n) is 2.98. The van der Waals surface area contributed by atoms with E-state index in [9.17, 15) is 20.3 Å².